The van der Waals surface area contributed by atoms with Crippen molar-refractivity contribution in [1.29, 1.82) is 0 Å². The van der Waals surface area contributed by atoms with E-state index in [0.29, 0.717) is 25.2 Å². The molecule has 0 atom stereocenters. The molecule has 6 heteroatoms. The number of carbonyl (C=O) groups excluding carboxylic acids is 2. The van der Waals surface area contributed by atoms with Crippen LogP contribution in [0.25, 0.3) is 0 Å². The summed E-state index contributed by atoms with van der Waals surface area (Å²) in [5.74, 6) is -0.386. The fourth-order valence-corrected chi connectivity index (χ4v) is 2.49. The second-order valence-electron chi connectivity index (χ2n) is 5.73. The predicted molar refractivity (Wildman–Crippen MR) is 96.1 cm³/mol. The third-order valence-electron chi connectivity index (χ3n) is 3.67. The molecular weight excluding hydrogens is 316 g/mol. The molecule has 0 aromatic carbocycles. The summed E-state index contributed by atoms with van der Waals surface area (Å²) in [5, 5.41) is 2.77. The van der Waals surface area contributed by atoms with Crippen molar-refractivity contribution in [2.75, 3.05) is 13.1 Å². The Labute approximate surface area is 148 Å². The highest BCUT2D eigenvalue weighted by Crippen LogP contribution is 2.08. The maximum Gasteiger partial charge on any atom is 0.270 e. The number of nitrogens with one attached hydrogen (secondary N) is 1. The van der Waals surface area contributed by atoms with Crippen molar-refractivity contribution in [1.82, 2.24) is 20.2 Å². The molecule has 6 nitrogen and oxygen atoms in total. The molecule has 0 spiro atoms. The highest BCUT2D eigenvalue weighted by molar-refractivity contribution is 5.98. The number of hydrogen-bond acceptors (Lipinski definition) is 4. The first-order chi connectivity index (χ1) is 12.2. The van der Waals surface area contributed by atoms with E-state index in [9.17, 15) is 9.59 Å². The predicted octanol–water partition coefficient (Wildman–Crippen LogP) is 2.67. The van der Waals surface area contributed by atoms with Crippen molar-refractivity contribution in [2.24, 2.45) is 0 Å². The van der Waals surface area contributed by atoms with E-state index < -0.39 is 0 Å². The van der Waals surface area contributed by atoms with Crippen LogP contribution < -0.4 is 5.32 Å². The summed E-state index contributed by atoms with van der Waals surface area (Å²) in [6.07, 6.45) is 4.97. The fraction of sp³-hybridized carbons (Fsp3) is 0.368. The Morgan fingerprint density at radius 1 is 1.04 bits per heavy atom. The molecule has 0 saturated heterocycles. The first kappa shape index (κ1) is 18.6. The molecule has 2 amide bonds. The topological polar surface area (TPSA) is 75.2 Å². The summed E-state index contributed by atoms with van der Waals surface area (Å²) in [4.78, 5) is 35.0. The second-order valence-corrected chi connectivity index (χ2v) is 5.73. The Balaban J connectivity index is 2.06. The second kappa shape index (κ2) is 9.52. The SMILES string of the molecule is CCCN(CCC)C(=O)c1ccnc(C(=O)NCc2ccccn2)c1. The first-order valence-corrected chi connectivity index (χ1v) is 8.59. The smallest absolute Gasteiger partial charge is 0.270 e. The minimum Gasteiger partial charge on any atom is -0.345 e. The summed E-state index contributed by atoms with van der Waals surface area (Å²) in [5.41, 5.74) is 1.48. The van der Waals surface area contributed by atoms with Gasteiger partial charge in [0, 0.05) is 31.0 Å². The summed E-state index contributed by atoms with van der Waals surface area (Å²) < 4.78 is 0. The average molecular weight is 340 g/mol. The van der Waals surface area contributed by atoms with Gasteiger partial charge in [0.2, 0.25) is 0 Å². The fourth-order valence-electron chi connectivity index (χ4n) is 2.49. The van der Waals surface area contributed by atoms with Crippen LogP contribution >= 0.6 is 0 Å². The van der Waals surface area contributed by atoms with Crippen molar-refractivity contribution in [3.63, 3.8) is 0 Å². The largest absolute Gasteiger partial charge is 0.345 e. The molecule has 0 radical (unpaired) electrons. The van der Waals surface area contributed by atoms with Crippen LogP contribution in [0.2, 0.25) is 0 Å². The van der Waals surface area contributed by atoms with E-state index in [0.717, 1.165) is 18.5 Å². The zero-order valence-electron chi connectivity index (χ0n) is 14.7. The molecule has 0 saturated carbocycles. The Morgan fingerprint density at radius 3 is 2.44 bits per heavy atom. The van der Waals surface area contributed by atoms with Crippen molar-refractivity contribution in [3.05, 3.63) is 59.7 Å². The summed E-state index contributed by atoms with van der Waals surface area (Å²) in [6, 6.07) is 8.72. The van der Waals surface area contributed by atoms with Crippen LogP contribution in [0.4, 0.5) is 0 Å². The van der Waals surface area contributed by atoms with Gasteiger partial charge in [0.05, 0.1) is 12.2 Å². The van der Waals surface area contributed by atoms with Gasteiger partial charge >= 0.3 is 0 Å². The number of hydrogen-bond donors (Lipinski definition) is 1. The Bertz CT molecular complexity index is 698. The van der Waals surface area contributed by atoms with Crippen LogP contribution in [0.3, 0.4) is 0 Å². The summed E-state index contributed by atoms with van der Waals surface area (Å²) >= 11 is 0. The molecule has 2 rings (SSSR count). The van der Waals surface area contributed by atoms with E-state index in [2.05, 4.69) is 15.3 Å². The van der Waals surface area contributed by atoms with E-state index >= 15 is 0 Å². The number of pyridine rings is 2. The third kappa shape index (κ3) is 5.38. The molecular formula is C19H24N4O2. The van der Waals surface area contributed by atoms with Crippen LogP contribution in [0.5, 0.6) is 0 Å². The zero-order chi connectivity index (χ0) is 18.1. The number of carbonyl (C=O) groups is 2. The molecule has 2 aromatic heterocycles. The average Bonchev–Trinajstić information content (AvgIpc) is 2.66. The molecule has 0 unspecified atom stereocenters. The molecule has 0 fully saturated rings. The van der Waals surface area contributed by atoms with E-state index in [1.54, 1.807) is 18.3 Å². The Kier molecular flexibility index (Phi) is 7.07. The number of nitrogens with zero attached hydrogens (tertiary/aromatic N) is 3. The molecule has 2 heterocycles. The van der Waals surface area contributed by atoms with Crippen LogP contribution in [-0.2, 0) is 6.54 Å². The number of rotatable bonds is 8. The maximum absolute atomic E-state index is 12.6. The van der Waals surface area contributed by atoms with Crippen molar-refractivity contribution in [2.45, 2.75) is 33.2 Å². The van der Waals surface area contributed by atoms with Crippen molar-refractivity contribution >= 4 is 11.8 Å². The standard InChI is InChI=1S/C19H24N4O2/c1-3-11-23(12-4-2)19(25)15-8-10-21-17(13-15)18(24)22-14-16-7-5-6-9-20-16/h5-10,13H,3-4,11-12,14H2,1-2H3,(H,22,24). The number of amides is 2. The van der Waals surface area contributed by atoms with Gasteiger partial charge in [-0.05, 0) is 37.1 Å². The minimum atomic E-state index is -0.321. The Hall–Kier alpha value is -2.76. The van der Waals surface area contributed by atoms with Crippen molar-refractivity contribution in [3.8, 4) is 0 Å². The summed E-state index contributed by atoms with van der Waals surface area (Å²) in [6.45, 7) is 5.81. The monoisotopic (exact) mass is 340 g/mol. The van der Waals surface area contributed by atoms with E-state index in [1.807, 2.05) is 36.9 Å². The van der Waals surface area contributed by atoms with Gasteiger partial charge in [-0.2, -0.15) is 0 Å². The molecule has 0 aliphatic rings. The van der Waals surface area contributed by atoms with Gasteiger partial charge in [-0.3, -0.25) is 19.6 Å². The van der Waals surface area contributed by atoms with E-state index in [1.165, 1.54) is 6.20 Å². The first-order valence-electron chi connectivity index (χ1n) is 8.59. The molecule has 132 valence electrons. The normalized spacial score (nSPS) is 10.3. The van der Waals surface area contributed by atoms with Gasteiger partial charge < -0.3 is 10.2 Å². The van der Waals surface area contributed by atoms with Gasteiger partial charge in [0.1, 0.15) is 5.69 Å². The lowest BCUT2D eigenvalue weighted by Gasteiger charge is -2.21. The molecule has 2 aromatic rings. The van der Waals surface area contributed by atoms with Gasteiger partial charge in [-0.1, -0.05) is 19.9 Å². The molecule has 0 aliphatic heterocycles. The minimum absolute atomic E-state index is 0.0649. The number of aromatic nitrogens is 2. The van der Waals surface area contributed by atoms with Crippen LogP contribution in [0.15, 0.2) is 42.7 Å². The van der Waals surface area contributed by atoms with Crippen molar-refractivity contribution < 1.29 is 9.59 Å². The lowest BCUT2D eigenvalue weighted by molar-refractivity contribution is 0.0755. The quantitative estimate of drug-likeness (QED) is 0.802. The van der Waals surface area contributed by atoms with Gasteiger partial charge in [0.15, 0.2) is 0 Å². The molecule has 0 aliphatic carbocycles. The van der Waals surface area contributed by atoms with E-state index in [4.69, 9.17) is 0 Å². The van der Waals surface area contributed by atoms with Gasteiger partial charge in [-0.25, -0.2) is 0 Å². The lowest BCUT2D eigenvalue weighted by Crippen LogP contribution is -2.33. The highest BCUT2D eigenvalue weighted by Gasteiger charge is 2.16. The van der Waals surface area contributed by atoms with Crippen LogP contribution in [0.1, 0.15) is 53.2 Å². The zero-order valence-corrected chi connectivity index (χ0v) is 14.7. The van der Waals surface area contributed by atoms with Crippen LogP contribution in [-0.4, -0.2) is 39.8 Å². The van der Waals surface area contributed by atoms with Gasteiger partial charge in [0.25, 0.3) is 11.8 Å². The third-order valence-corrected chi connectivity index (χ3v) is 3.67. The molecule has 0 bridgehead atoms. The maximum atomic E-state index is 12.6. The Morgan fingerprint density at radius 2 is 1.80 bits per heavy atom. The molecule has 1 N–H and O–H groups in total. The molecule has 25 heavy (non-hydrogen) atoms. The summed E-state index contributed by atoms with van der Waals surface area (Å²) in [7, 11) is 0. The van der Waals surface area contributed by atoms with E-state index in [-0.39, 0.29) is 17.5 Å². The van der Waals surface area contributed by atoms with Crippen LogP contribution in [0, 0.1) is 0 Å². The highest BCUT2D eigenvalue weighted by atomic mass is 16.2. The lowest BCUT2D eigenvalue weighted by atomic mass is 10.2. The van der Waals surface area contributed by atoms with Gasteiger partial charge in [-0.15, -0.1) is 0 Å².